The van der Waals surface area contributed by atoms with Gasteiger partial charge in [-0.2, -0.15) is 0 Å². The second-order valence-corrected chi connectivity index (χ2v) is 6.48. The van der Waals surface area contributed by atoms with Gasteiger partial charge in [0, 0.05) is 13.1 Å². The minimum Gasteiger partial charge on any atom is -0.489 e. The molecule has 0 saturated heterocycles. The van der Waals surface area contributed by atoms with E-state index in [1.165, 1.54) is 6.07 Å². The van der Waals surface area contributed by atoms with Gasteiger partial charge in [-0.25, -0.2) is 4.39 Å². The number of nitrogens with zero attached hydrogens (tertiary/aromatic N) is 1. The SMILES string of the molecule is CN(CCOc1ccccc1F)C(=O)C1C2CCC(C2)C1N. The number of hydrogen-bond donors (Lipinski definition) is 1. The van der Waals surface area contributed by atoms with E-state index in [2.05, 4.69) is 0 Å². The van der Waals surface area contributed by atoms with E-state index < -0.39 is 0 Å². The van der Waals surface area contributed by atoms with Crippen molar-refractivity contribution in [3.63, 3.8) is 0 Å². The maximum atomic E-state index is 13.4. The Hall–Kier alpha value is -1.62. The number of fused-ring (bicyclic) bond motifs is 2. The van der Waals surface area contributed by atoms with E-state index in [1.54, 1.807) is 30.1 Å². The number of amides is 1. The third-order valence-corrected chi connectivity index (χ3v) is 5.16. The van der Waals surface area contributed by atoms with Crippen molar-refractivity contribution in [3.05, 3.63) is 30.1 Å². The first-order chi connectivity index (χ1) is 10.6. The van der Waals surface area contributed by atoms with E-state index in [1.807, 2.05) is 0 Å². The van der Waals surface area contributed by atoms with Gasteiger partial charge in [-0.3, -0.25) is 4.79 Å². The number of halogens is 1. The van der Waals surface area contributed by atoms with Crippen LogP contribution in [0.2, 0.25) is 0 Å². The Morgan fingerprint density at radius 2 is 2.09 bits per heavy atom. The maximum absolute atomic E-state index is 13.4. The summed E-state index contributed by atoms with van der Waals surface area (Å²) in [5.41, 5.74) is 6.21. The molecule has 0 radical (unpaired) electrons. The lowest BCUT2D eigenvalue weighted by Crippen LogP contribution is -2.46. The first kappa shape index (κ1) is 15.3. The second kappa shape index (κ2) is 6.24. The van der Waals surface area contributed by atoms with Crippen molar-refractivity contribution >= 4 is 5.91 Å². The van der Waals surface area contributed by atoms with E-state index in [0.717, 1.165) is 19.3 Å². The van der Waals surface area contributed by atoms with Crippen LogP contribution in [-0.2, 0) is 4.79 Å². The van der Waals surface area contributed by atoms with Gasteiger partial charge < -0.3 is 15.4 Å². The fourth-order valence-corrected chi connectivity index (χ4v) is 3.92. The fourth-order valence-electron chi connectivity index (χ4n) is 3.92. The molecule has 4 nitrogen and oxygen atoms in total. The number of benzene rings is 1. The van der Waals surface area contributed by atoms with E-state index in [9.17, 15) is 9.18 Å². The summed E-state index contributed by atoms with van der Waals surface area (Å²) in [7, 11) is 1.77. The molecule has 4 atom stereocenters. The summed E-state index contributed by atoms with van der Waals surface area (Å²) in [5.74, 6) is 0.866. The standard InChI is InChI=1S/C17H23FN2O2/c1-20(8-9-22-14-5-3-2-4-13(14)18)17(21)15-11-6-7-12(10-11)16(15)19/h2-5,11-12,15-16H,6-10,19H2,1H3. The summed E-state index contributed by atoms with van der Waals surface area (Å²) < 4.78 is 18.9. The molecule has 5 heteroatoms. The number of rotatable bonds is 5. The minimum absolute atomic E-state index is 0.00110. The normalized spacial score (nSPS) is 29.6. The molecule has 1 aromatic rings. The van der Waals surface area contributed by atoms with Crippen molar-refractivity contribution in [1.29, 1.82) is 0 Å². The van der Waals surface area contributed by atoms with Gasteiger partial charge in [0.05, 0.1) is 12.5 Å². The number of carbonyl (C=O) groups excluding carboxylic acids is 1. The minimum atomic E-state index is -0.383. The number of para-hydroxylation sites is 1. The largest absolute Gasteiger partial charge is 0.489 e. The van der Waals surface area contributed by atoms with Crippen LogP contribution in [0.5, 0.6) is 5.75 Å². The summed E-state index contributed by atoms with van der Waals surface area (Å²) >= 11 is 0. The molecule has 0 aliphatic heterocycles. The van der Waals surface area contributed by atoms with Gasteiger partial charge in [0.2, 0.25) is 5.91 Å². The summed E-state index contributed by atoms with van der Waals surface area (Å²) in [6.07, 6.45) is 3.38. The van der Waals surface area contributed by atoms with Gasteiger partial charge in [-0.1, -0.05) is 12.1 Å². The first-order valence-corrected chi connectivity index (χ1v) is 7.96. The highest BCUT2D eigenvalue weighted by molar-refractivity contribution is 5.80. The van der Waals surface area contributed by atoms with Crippen LogP contribution in [0.15, 0.2) is 24.3 Å². The molecule has 22 heavy (non-hydrogen) atoms. The lowest BCUT2D eigenvalue weighted by atomic mass is 9.84. The highest BCUT2D eigenvalue weighted by atomic mass is 19.1. The summed E-state index contributed by atoms with van der Waals surface area (Å²) in [6.45, 7) is 0.715. The molecule has 0 spiro atoms. The van der Waals surface area contributed by atoms with E-state index in [4.69, 9.17) is 10.5 Å². The van der Waals surface area contributed by atoms with Gasteiger partial charge in [0.25, 0.3) is 0 Å². The number of ether oxygens (including phenoxy) is 1. The molecule has 2 saturated carbocycles. The summed E-state index contributed by atoms with van der Waals surface area (Å²) in [4.78, 5) is 14.2. The van der Waals surface area contributed by atoms with Gasteiger partial charge in [0.1, 0.15) is 6.61 Å². The Balaban J connectivity index is 1.51. The Morgan fingerprint density at radius 1 is 1.36 bits per heavy atom. The van der Waals surface area contributed by atoms with Crippen molar-refractivity contribution < 1.29 is 13.9 Å². The quantitative estimate of drug-likeness (QED) is 0.905. The second-order valence-electron chi connectivity index (χ2n) is 6.48. The number of carbonyl (C=O) groups is 1. The molecule has 2 fully saturated rings. The Labute approximate surface area is 130 Å². The molecule has 2 N–H and O–H groups in total. The Bertz CT molecular complexity index is 549. The third kappa shape index (κ3) is 2.82. The predicted octanol–water partition coefficient (Wildman–Crippen LogP) is 2.04. The molecule has 3 rings (SSSR count). The molecular weight excluding hydrogens is 283 g/mol. The zero-order valence-electron chi connectivity index (χ0n) is 12.9. The molecule has 0 heterocycles. The number of likely N-dealkylation sites (N-methyl/N-ethyl adjacent to an activating group) is 1. The molecular formula is C17H23FN2O2. The van der Waals surface area contributed by atoms with Crippen LogP contribution < -0.4 is 10.5 Å². The van der Waals surface area contributed by atoms with Crippen LogP contribution in [0.25, 0.3) is 0 Å². The third-order valence-electron chi connectivity index (χ3n) is 5.16. The van der Waals surface area contributed by atoms with E-state index in [0.29, 0.717) is 18.4 Å². The smallest absolute Gasteiger partial charge is 0.227 e. The van der Waals surface area contributed by atoms with Crippen LogP contribution in [0, 0.1) is 23.6 Å². The summed E-state index contributed by atoms with van der Waals surface area (Å²) in [6, 6.07) is 6.29. The molecule has 1 amide bonds. The molecule has 4 unspecified atom stereocenters. The Morgan fingerprint density at radius 3 is 2.77 bits per heavy atom. The molecule has 0 aromatic heterocycles. The van der Waals surface area contributed by atoms with Crippen molar-refractivity contribution in [2.24, 2.45) is 23.5 Å². The van der Waals surface area contributed by atoms with Crippen LogP contribution in [0.3, 0.4) is 0 Å². The Kier molecular flexibility index (Phi) is 4.34. The topological polar surface area (TPSA) is 55.6 Å². The van der Waals surface area contributed by atoms with Crippen LogP contribution >= 0.6 is 0 Å². The van der Waals surface area contributed by atoms with Crippen molar-refractivity contribution in [1.82, 2.24) is 4.90 Å². The van der Waals surface area contributed by atoms with Crippen LogP contribution in [-0.4, -0.2) is 37.0 Å². The molecule has 2 aliphatic rings. The average molecular weight is 306 g/mol. The predicted molar refractivity (Wildman–Crippen MR) is 81.8 cm³/mol. The van der Waals surface area contributed by atoms with Crippen molar-refractivity contribution in [2.45, 2.75) is 25.3 Å². The zero-order chi connectivity index (χ0) is 15.7. The number of nitrogens with two attached hydrogens (primary N) is 1. The van der Waals surface area contributed by atoms with Crippen LogP contribution in [0.1, 0.15) is 19.3 Å². The molecule has 2 aliphatic carbocycles. The first-order valence-electron chi connectivity index (χ1n) is 7.96. The maximum Gasteiger partial charge on any atom is 0.227 e. The average Bonchev–Trinajstić information content (AvgIpc) is 3.09. The van der Waals surface area contributed by atoms with Crippen LogP contribution in [0.4, 0.5) is 4.39 Å². The zero-order valence-corrected chi connectivity index (χ0v) is 12.9. The van der Waals surface area contributed by atoms with E-state index in [-0.39, 0.29) is 36.0 Å². The van der Waals surface area contributed by atoms with Gasteiger partial charge in [-0.05, 0) is 43.2 Å². The lowest BCUT2D eigenvalue weighted by molar-refractivity contribution is -0.136. The van der Waals surface area contributed by atoms with Crippen molar-refractivity contribution in [2.75, 3.05) is 20.2 Å². The van der Waals surface area contributed by atoms with Gasteiger partial charge in [0.15, 0.2) is 11.6 Å². The van der Waals surface area contributed by atoms with Crippen molar-refractivity contribution in [3.8, 4) is 5.75 Å². The molecule has 2 bridgehead atoms. The van der Waals surface area contributed by atoms with Gasteiger partial charge >= 0.3 is 0 Å². The lowest BCUT2D eigenvalue weighted by Gasteiger charge is -2.30. The molecule has 120 valence electrons. The summed E-state index contributed by atoms with van der Waals surface area (Å²) in [5, 5.41) is 0. The van der Waals surface area contributed by atoms with E-state index >= 15 is 0 Å². The van der Waals surface area contributed by atoms with Gasteiger partial charge in [-0.15, -0.1) is 0 Å². The number of hydrogen-bond acceptors (Lipinski definition) is 3. The molecule has 1 aromatic carbocycles. The highest BCUT2D eigenvalue weighted by Crippen LogP contribution is 2.48. The highest BCUT2D eigenvalue weighted by Gasteiger charge is 2.49. The fraction of sp³-hybridized carbons (Fsp3) is 0.588. The monoisotopic (exact) mass is 306 g/mol.